The van der Waals surface area contributed by atoms with Crippen LogP contribution in [0.15, 0.2) is 82.9 Å². The van der Waals surface area contributed by atoms with E-state index in [0.717, 1.165) is 22.6 Å². The Morgan fingerprint density at radius 3 is 2.47 bits per heavy atom. The van der Waals surface area contributed by atoms with Crippen LogP contribution in [0.3, 0.4) is 0 Å². The van der Waals surface area contributed by atoms with Crippen molar-refractivity contribution < 1.29 is 19.1 Å². The Balaban J connectivity index is 1.34. The minimum absolute atomic E-state index is 0.00575. The van der Waals surface area contributed by atoms with E-state index in [2.05, 4.69) is 34.6 Å². The van der Waals surface area contributed by atoms with Crippen molar-refractivity contribution in [1.82, 2.24) is 5.01 Å². The van der Waals surface area contributed by atoms with Crippen LogP contribution >= 0.6 is 11.8 Å². The lowest BCUT2D eigenvalue weighted by atomic mass is 9.98. The van der Waals surface area contributed by atoms with Gasteiger partial charge in [0.05, 0.1) is 26.0 Å². The SMILES string of the molecule is COc1ccc(C2=NN(C3=NC(=O)C(CC(=O)Nc4cccc(OC)c4)S3)C(c3ccc(C)cc3)C2)cc1. The van der Waals surface area contributed by atoms with Gasteiger partial charge in [0, 0.05) is 24.6 Å². The van der Waals surface area contributed by atoms with E-state index in [4.69, 9.17) is 14.6 Å². The second-order valence-corrected chi connectivity index (χ2v) is 10.2. The minimum atomic E-state index is -0.616. The van der Waals surface area contributed by atoms with Gasteiger partial charge < -0.3 is 14.8 Å². The number of rotatable bonds is 7. The topological polar surface area (TPSA) is 92.6 Å². The summed E-state index contributed by atoms with van der Waals surface area (Å²) in [4.78, 5) is 29.9. The summed E-state index contributed by atoms with van der Waals surface area (Å²) in [5, 5.41) is 9.45. The van der Waals surface area contributed by atoms with Crippen molar-refractivity contribution in [2.24, 2.45) is 10.1 Å². The van der Waals surface area contributed by atoms with Gasteiger partial charge in [-0.1, -0.05) is 47.7 Å². The maximum atomic E-state index is 12.8. The molecule has 0 radical (unpaired) electrons. The monoisotopic (exact) mass is 528 g/mol. The van der Waals surface area contributed by atoms with E-state index in [1.807, 2.05) is 36.2 Å². The number of hydrazone groups is 1. The van der Waals surface area contributed by atoms with Crippen LogP contribution in [0.5, 0.6) is 11.5 Å². The van der Waals surface area contributed by atoms with Gasteiger partial charge in [0.2, 0.25) is 5.91 Å². The molecule has 2 unspecified atom stereocenters. The molecule has 1 N–H and O–H groups in total. The number of amides is 2. The number of benzene rings is 3. The molecule has 0 bridgehead atoms. The molecule has 0 fully saturated rings. The number of aryl methyl sites for hydroxylation is 1. The van der Waals surface area contributed by atoms with E-state index >= 15 is 0 Å². The molecular weight excluding hydrogens is 500 g/mol. The minimum Gasteiger partial charge on any atom is -0.497 e. The summed E-state index contributed by atoms with van der Waals surface area (Å²) >= 11 is 1.28. The van der Waals surface area contributed by atoms with Crippen molar-refractivity contribution in [3.05, 3.63) is 89.5 Å². The largest absolute Gasteiger partial charge is 0.497 e. The second-order valence-electron chi connectivity index (χ2n) is 9.07. The van der Waals surface area contributed by atoms with Crippen LogP contribution in [-0.2, 0) is 9.59 Å². The van der Waals surface area contributed by atoms with Gasteiger partial charge in [-0.2, -0.15) is 10.1 Å². The molecule has 8 nitrogen and oxygen atoms in total. The number of carbonyl (C=O) groups excluding carboxylic acids is 2. The summed E-state index contributed by atoms with van der Waals surface area (Å²) in [6, 6.07) is 23.1. The van der Waals surface area contributed by atoms with Gasteiger partial charge in [0.1, 0.15) is 16.7 Å². The molecule has 0 spiro atoms. The summed E-state index contributed by atoms with van der Waals surface area (Å²) in [6.07, 6.45) is 0.663. The van der Waals surface area contributed by atoms with Crippen LogP contribution in [0.1, 0.15) is 35.6 Å². The van der Waals surface area contributed by atoms with Crippen LogP contribution in [0.2, 0.25) is 0 Å². The van der Waals surface area contributed by atoms with Gasteiger partial charge in [0.25, 0.3) is 5.91 Å². The van der Waals surface area contributed by atoms with E-state index in [0.29, 0.717) is 23.0 Å². The number of carbonyl (C=O) groups is 2. The highest BCUT2D eigenvalue weighted by molar-refractivity contribution is 8.15. The van der Waals surface area contributed by atoms with Crippen molar-refractivity contribution in [2.75, 3.05) is 19.5 Å². The maximum Gasteiger partial charge on any atom is 0.262 e. The van der Waals surface area contributed by atoms with Crippen molar-refractivity contribution in [2.45, 2.75) is 31.1 Å². The number of hydrogen-bond acceptors (Lipinski definition) is 7. The number of aliphatic imine (C=N–C) groups is 1. The number of methoxy groups -OCH3 is 2. The first-order chi connectivity index (χ1) is 18.4. The predicted octanol–water partition coefficient (Wildman–Crippen LogP) is 5.19. The van der Waals surface area contributed by atoms with Gasteiger partial charge in [-0.05, 0) is 54.4 Å². The predicted molar refractivity (Wildman–Crippen MR) is 150 cm³/mol. The number of hydrogen-bond donors (Lipinski definition) is 1. The van der Waals surface area contributed by atoms with Crippen LogP contribution in [0.25, 0.3) is 0 Å². The van der Waals surface area contributed by atoms with Gasteiger partial charge in [-0.25, -0.2) is 5.01 Å². The molecule has 3 aromatic carbocycles. The van der Waals surface area contributed by atoms with Crippen molar-refractivity contribution in [1.29, 1.82) is 0 Å². The number of anilines is 1. The molecule has 38 heavy (non-hydrogen) atoms. The Bertz CT molecular complexity index is 1400. The quantitative estimate of drug-likeness (QED) is 0.454. The third kappa shape index (κ3) is 5.57. The number of thioether (sulfide) groups is 1. The van der Waals surface area contributed by atoms with E-state index in [1.165, 1.54) is 17.3 Å². The molecule has 2 aliphatic rings. The lowest BCUT2D eigenvalue weighted by Crippen LogP contribution is -2.25. The number of amidine groups is 1. The van der Waals surface area contributed by atoms with E-state index in [-0.39, 0.29) is 24.3 Å². The van der Waals surface area contributed by atoms with Crippen LogP contribution in [0, 0.1) is 6.92 Å². The number of nitrogens with zero attached hydrogens (tertiary/aromatic N) is 3. The van der Waals surface area contributed by atoms with E-state index < -0.39 is 5.25 Å². The third-order valence-electron chi connectivity index (χ3n) is 6.44. The molecule has 0 saturated carbocycles. The zero-order chi connectivity index (χ0) is 26.6. The fourth-order valence-corrected chi connectivity index (χ4v) is 5.44. The van der Waals surface area contributed by atoms with Gasteiger partial charge in [-0.15, -0.1) is 0 Å². The average molecular weight is 529 g/mol. The molecule has 0 saturated heterocycles. The van der Waals surface area contributed by atoms with Crippen molar-refractivity contribution in [3.8, 4) is 11.5 Å². The van der Waals surface area contributed by atoms with E-state index in [9.17, 15) is 9.59 Å². The molecule has 194 valence electrons. The molecule has 0 aromatic heterocycles. The molecule has 9 heteroatoms. The zero-order valence-corrected chi connectivity index (χ0v) is 22.2. The molecular formula is C29H28N4O4S. The Morgan fingerprint density at radius 2 is 1.76 bits per heavy atom. The first kappa shape index (κ1) is 25.5. The van der Waals surface area contributed by atoms with Crippen LogP contribution in [0.4, 0.5) is 5.69 Å². The summed E-state index contributed by atoms with van der Waals surface area (Å²) in [6.45, 7) is 2.05. The highest BCUT2D eigenvalue weighted by atomic mass is 32.2. The maximum absolute atomic E-state index is 12.8. The fraction of sp³-hybridized carbons (Fsp3) is 0.241. The molecule has 2 atom stereocenters. The molecule has 5 rings (SSSR count). The highest BCUT2D eigenvalue weighted by Crippen LogP contribution is 2.39. The third-order valence-corrected chi connectivity index (χ3v) is 7.59. The molecule has 2 amide bonds. The standard InChI is InChI=1S/C29H28N4O4S/c1-18-7-9-20(10-8-18)25-16-24(19-11-13-22(36-2)14-12-19)32-33(25)29-31-28(35)26(38-29)17-27(34)30-21-5-4-6-23(15-21)37-3/h4-15,25-26H,16-17H2,1-3H3,(H,30,34). The average Bonchev–Trinajstić information content (AvgIpc) is 3.53. The second kappa shape index (κ2) is 11.1. The molecule has 2 heterocycles. The van der Waals surface area contributed by atoms with Crippen LogP contribution in [-0.4, -0.2) is 47.2 Å². The molecule has 0 aliphatic carbocycles. The summed E-state index contributed by atoms with van der Waals surface area (Å²) in [5.41, 5.74) is 4.73. The Hall–Kier alpha value is -4.11. The number of ether oxygens (including phenoxy) is 2. The lowest BCUT2D eigenvalue weighted by molar-refractivity contribution is -0.121. The number of nitrogens with one attached hydrogen (secondary N) is 1. The summed E-state index contributed by atoms with van der Waals surface area (Å²) in [5.74, 6) is 0.818. The lowest BCUT2D eigenvalue weighted by Gasteiger charge is -2.23. The van der Waals surface area contributed by atoms with Crippen molar-refractivity contribution >= 4 is 40.1 Å². The van der Waals surface area contributed by atoms with Gasteiger partial charge in [-0.3, -0.25) is 9.59 Å². The Morgan fingerprint density at radius 1 is 1.03 bits per heavy atom. The zero-order valence-electron chi connectivity index (χ0n) is 21.4. The smallest absolute Gasteiger partial charge is 0.262 e. The van der Waals surface area contributed by atoms with Gasteiger partial charge >= 0.3 is 0 Å². The highest BCUT2D eigenvalue weighted by Gasteiger charge is 2.39. The van der Waals surface area contributed by atoms with Crippen molar-refractivity contribution in [3.63, 3.8) is 0 Å². The first-order valence-electron chi connectivity index (χ1n) is 12.2. The summed E-state index contributed by atoms with van der Waals surface area (Å²) < 4.78 is 10.5. The van der Waals surface area contributed by atoms with E-state index in [1.54, 1.807) is 38.5 Å². The summed E-state index contributed by atoms with van der Waals surface area (Å²) in [7, 11) is 3.20. The Labute approximate surface area is 225 Å². The first-order valence-corrected chi connectivity index (χ1v) is 13.1. The van der Waals surface area contributed by atoms with Crippen LogP contribution < -0.4 is 14.8 Å². The van der Waals surface area contributed by atoms with Gasteiger partial charge in [0.15, 0.2) is 5.17 Å². The normalized spacial score (nSPS) is 18.7. The molecule has 3 aromatic rings. The molecule has 2 aliphatic heterocycles. The fourth-order valence-electron chi connectivity index (χ4n) is 4.38. The Kier molecular flexibility index (Phi) is 7.46.